The second kappa shape index (κ2) is 13.6. The molecular weight excluding hydrogens is 477 g/mol. The van der Waals surface area contributed by atoms with Gasteiger partial charge in [-0.05, 0) is 36.5 Å². The molecule has 1 aliphatic rings. The fraction of sp³-hybridized carbons (Fsp3) is 0.435. The Morgan fingerprint density at radius 1 is 1.03 bits per heavy atom. The summed E-state index contributed by atoms with van der Waals surface area (Å²) in [5.41, 5.74) is 3.53. The number of halogens is 1. The normalized spacial score (nSPS) is 16.3. The van der Waals surface area contributed by atoms with Crippen LogP contribution in [0.25, 0.3) is 0 Å². The fourth-order valence-electron chi connectivity index (χ4n) is 3.21. The van der Waals surface area contributed by atoms with Crippen LogP contribution < -0.4 is 10.6 Å². The molecule has 1 unspecified atom stereocenters. The van der Waals surface area contributed by atoms with Crippen molar-refractivity contribution in [3.05, 3.63) is 71.3 Å². The highest BCUT2D eigenvalue weighted by Gasteiger charge is 2.15. The second-order valence-corrected chi connectivity index (χ2v) is 7.01. The molecule has 158 valence electrons. The summed E-state index contributed by atoms with van der Waals surface area (Å²) in [6.45, 7) is 6.45. The molecule has 1 heterocycles. The SMILES string of the molecule is CCNC(=NCc1cccc(COCc2ccccc2)c1)NCC1CCCO1.I. The van der Waals surface area contributed by atoms with E-state index in [2.05, 4.69) is 54.0 Å². The lowest BCUT2D eigenvalue weighted by atomic mass is 10.1. The van der Waals surface area contributed by atoms with Gasteiger partial charge in [0.15, 0.2) is 5.96 Å². The van der Waals surface area contributed by atoms with Gasteiger partial charge in [0.25, 0.3) is 0 Å². The first-order valence-corrected chi connectivity index (χ1v) is 10.2. The summed E-state index contributed by atoms with van der Waals surface area (Å²) in [5, 5.41) is 6.69. The van der Waals surface area contributed by atoms with E-state index >= 15 is 0 Å². The number of hydrogen-bond donors (Lipinski definition) is 2. The van der Waals surface area contributed by atoms with Crippen molar-refractivity contribution in [1.29, 1.82) is 0 Å². The molecule has 0 bridgehead atoms. The zero-order chi connectivity index (χ0) is 19.4. The second-order valence-electron chi connectivity index (χ2n) is 7.01. The van der Waals surface area contributed by atoms with Gasteiger partial charge in [-0.15, -0.1) is 24.0 Å². The molecule has 0 aliphatic carbocycles. The summed E-state index contributed by atoms with van der Waals surface area (Å²) >= 11 is 0. The zero-order valence-electron chi connectivity index (χ0n) is 17.1. The number of benzene rings is 2. The Morgan fingerprint density at radius 2 is 1.79 bits per heavy atom. The van der Waals surface area contributed by atoms with Gasteiger partial charge in [0.05, 0.1) is 25.9 Å². The molecule has 2 aromatic rings. The van der Waals surface area contributed by atoms with Crippen molar-refractivity contribution in [2.24, 2.45) is 4.99 Å². The molecule has 1 atom stereocenters. The van der Waals surface area contributed by atoms with Crippen LogP contribution in [0.15, 0.2) is 59.6 Å². The van der Waals surface area contributed by atoms with E-state index in [9.17, 15) is 0 Å². The average molecular weight is 509 g/mol. The van der Waals surface area contributed by atoms with Gasteiger partial charge in [-0.25, -0.2) is 4.99 Å². The minimum Gasteiger partial charge on any atom is -0.376 e. The van der Waals surface area contributed by atoms with Crippen molar-refractivity contribution in [2.45, 2.75) is 45.6 Å². The minimum atomic E-state index is 0. The Labute approximate surface area is 191 Å². The van der Waals surface area contributed by atoms with Crippen LogP contribution in [0.2, 0.25) is 0 Å². The molecule has 0 spiro atoms. The van der Waals surface area contributed by atoms with E-state index in [1.165, 1.54) is 16.7 Å². The molecule has 3 rings (SSSR count). The molecule has 2 N–H and O–H groups in total. The minimum absolute atomic E-state index is 0. The van der Waals surface area contributed by atoms with Crippen LogP contribution >= 0.6 is 24.0 Å². The lowest BCUT2D eigenvalue weighted by molar-refractivity contribution is 0.107. The molecule has 5 nitrogen and oxygen atoms in total. The largest absolute Gasteiger partial charge is 0.376 e. The fourth-order valence-corrected chi connectivity index (χ4v) is 3.21. The molecule has 1 saturated heterocycles. The standard InChI is InChI=1S/C23H31N3O2.HI/c1-2-24-23(26-16-22-12-7-13-28-22)25-15-20-10-6-11-21(14-20)18-27-17-19-8-4-3-5-9-19;/h3-6,8-11,14,22H,2,7,12-13,15-18H2,1H3,(H2,24,25,26);1H. The van der Waals surface area contributed by atoms with E-state index in [1.807, 2.05) is 18.2 Å². The van der Waals surface area contributed by atoms with Crippen LogP contribution in [0, 0.1) is 0 Å². The first-order valence-electron chi connectivity index (χ1n) is 10.2. The number of hydrogen-bond acceptors (Lipinski definition) is 3. The first kappa shape index (κ1) is 23.6. The van der Waals surface area contributed by atoms with Crippen LogP contribution in [0.1, 0.15) is 36.5 Å². The van der Waals surface area contributed by atoms with Crippen molar-refractivity contribution < 1.29 is 9.47 Å². The Morgan fingerprint density at radius 3 is 2.55 bits per heavy atom. The van der Waals surface area contributed by atoms with Gasteiger partial charge < -0.3 is 20.1 Å². The Bertz CT molecular complexity index is 734. The lowest BCUT2D eigenvalue weighted by Crippen LogP contribution is -2.41. The van der Waals surface area contributed by atoms with E-state index in [1.54, 1.807) is 0 Å². The quantitative estimate of drug-likeness (QED) is 0.302. The monoisotopic (exact) mass is 509 g/mol. The van der Waals surface area contributed by atoms with E-state index in [4.69, 9.17) is 14.5 Å². The Hall–Kier alpha value is -1.64. The van der Waals surface area contributed by atoms with Crippen LogP contribution in [-0.4, -0.2) is 31.8 Å². The number of rotatable bonds is 9. The Balaban J connectivity index is 0.00000300. The van der Waals surface area contributed by atoms with Crippen molar-refractivity contribution in [3.8, 4) is 0 Å². The number of guanidine groups is 1. The van der Waals surface area contributed by atoms with E-state index in [-0.39, 0.29) is 24.0 Å². The number of nitrogens with one attached hydrogen (secondary N) is 2. The lowest BCUT2D eigenvalue weighted by Gasteiger charge is -2.15. The maximum Gasteiger partial charge on any atom is 0.191 e. The number of nitrogens with zero attached hydrogens (tertiary/aromatic N) is 1. The molecule has 1 fully saturated rings. The molecule has 1 aliphatic heterocycles. The van der Waals surface area contributed by atoms with Crippen molar-refractivity contribution in [3.63, 3.8) is 0 Å². The summed E-state index contributed by atoms with van der Waals surface area (Å²) in [7, 11) is 0. The van der Waals surface area contributed by atoms with Gasteiger partial charge in [0.1, 0.15) is 0 Å². The highest BCUT2D eigenvalue weighted by atomic mass is 127. The molecular formula is C23H32IN3O2. The Kier molecular flexibility index (Phi) is 11.1. The predicted octanol–water partition coefficient (Wildman–Crippen LogP) is 4.26. The summed E-state index contributed by atoms with van der Waals surface area (Å²) in [6.07, 6.45) is 2.57. The van der Waals surface area contributed by atoms with Crippen molar-refractivity contribution >= 4 is 29.9 Å². The highest BCUT2D eigenvalue weighted by molar-refractivity contribution is 14.0. The first-order chi connectivity index (χ1) is 13.8. The van der Waals surface area contributed by atoms with Crippen LogP contribution in [0.4, 0.5) is 0 Å². The molecule has 6 heteroatoms. The third kappa shape index (κ3) is 8.72. The maximum absolute atomic E-state index is 5.85. The van der Waals surface area contributed by atoms with Crippen molar-refractivity contribution in [2.75, 3.05) is 19.7 Å². The highest BCUT2D eigenvalue weighted by Crippen LogP contribution is 2.11. The third-order valence-electron chi connectivity index (χ3n) is 4.66. The third-order valence-corrected chi connectivity index (χ3v) is 4.66. The predicted molar refractivity (Wildman–Crippen MR) is 129 cm³/mol. The van der Waals surface area contributed by atoms with E-state index in [0.29, 0.717) is 25.9 Å². The molecule has 0 aromatic heterocycles. The van der Waals surface area contributed by atoms with Gasteiger partial charge >= 0.3 is 0 Å². The van der Waals surface area contributed by atoms with E-state index < -0.39 is 0 Å². The molecule has 0 amide bonds. The van der Waals surface area contributed by atoms with Crippen LogP contribution in [0.5, 0.6) is 0 Å². The molecule has 0 saturated carbocycles. The maximum atomic E-state index is 5.85. The van der Waals surface area contributed by atoms with Gasteiger partial charge in [-0.3, -0.25) is 0 Å². The van der Waals surface area contributed by atoms with Gasteiger partial charge in [0.2, 0.25) is 0 Å². The summed E-state index contributed by atoms with van der Waals surface area (Å²) in [4.78, 5) is 4.71. The average Bonchev–Trinajstić information content (AvgIpc) is 3.25. The van der Waals surface area contributed by atoms with Crippen LogP contribution in [0.3, 0.4) is 0 Å². The van der Waals surface area contributed by atoms with E-state index in [0.717, 1.165) is 38.5 Å². The summed E-state index contributed by atoms with van der Waals surface area (Å²) in [6, 6.07) is 18.7. The zero-order valence-corrected chi connectivity index (χ0v) is 19.4. The molecule has 0 radical (unpaired) electrons. The molecule has 2 aromatic carbocycles. The summed E-state index contributed by atoms with van der Waals surface area (Å²) < 4.78 is 11.5. The van der Waals surface area contributed by atoms with Gasteiger partial charge in [-0.1, -0.05) is 54.6 Å². The van der Waals surface area contributed by atoms with Gasteiger partial charge in [0, 0.05) is 19.7 Å². The molecule has 29 heavy (non-hydrogen) atoms. The van der Waals surface area contributed by atoms with Crippen LogP contribution in [-0.2, 0) is 29.2 Å². The number of aliphatic imine (C=N–C) groups is 1. The summed E-state index contributed by atoms with van der Waals surface area (Å²) in [5.74, 6) is 0.837. The number of ether oxygens (including phenoxy) is 2. The smallest absolute Gasteiger partial charge is 0.191 e. The topological polar surface area (TPSA) is 54.9 Å². The van der Waals surface area contributed by atoms with Crippen molar-refractivity contribution in [1.82, 2.24) is 10.6 Å². The van der Waals surface area contributed by atoms with Gasteiger partial charge in [-0.2, -0.15) is 0 Å².